The second-order valence-corrected chi connectivity index (χ2v) is 8.28. The molecule has 0 unspecified atom stereocenters. The summed E-state index contributed by atoms with van der Waals surface area (Å²) in [5.41, 5.74) is -0.400. The molecule has 1 N–H and O–H groups in total. The van der Waals surface area contributed by atoms with Crippen LogP contribution in [-0.2, 0) is 26.1 Å². The number of nitrogens with one attached hydrogen (secondary N) is 1. The summed E-state index contributed by atoms with van der Waals surface area (Å²) in [4.78, 5) is -0.621. The summed E-state index contributed by atoms with van der Waals surface area (Å²) in [6.45, 7) is 0. The minimum Gasteiger partial charge on any atom is -0.277 e. The molecule has 0 aliphatic heterocycles. The Morgan fingerprint density at radius 2 is 1.90 bits per heavy atom. The molecule has 7 nitrogen and oxygen atoms in total. The van der Waals surface area contributed by atoms with Crippen LogP contribution in [0.25, 0.3) is 0 Å². The van der Waals surface area contributed by atoms with Crippen molar-refractivity contribution in [1.82, 2.24) is 9.78 Å². The van der Waals surface area contributed by atoms with E-state index in [-0.39, 0.29) is 4.90 Å². The van der Waals surface area contributed by atoms with E-state index >= 15 is 0 Å². The second-order valence-electron chi connectivity index (χ2n) is 4.03. The zero-order valence-corrected chi connectivity index (χ0v) is 12.9. The number of hydrogen-bond donors (Lipinski definition) is 1. The number of rotatable bonds is 4. The summed E-state index contributed by atoms with van der Waals surface area (Å²) >= 11 is 0. The number of aromatic nitrogens is 2. The number of anilines is 1. The van der Waals surface area contributed by atoms with E-state index in [1.165, 1.54) is 17.9 Å². The lowest BCUT2D eigenvalue weighted by Gasteiger charge is -2.08. The molecule has 21 heavy (non-hydrogen) atoms. The molecule has 0 radical (unpaired) electrons. The highest BCUT2D eigenvalue weighted by Crippen LogP contribution is 2.23. The van der Waals surface area contributed by atoms with Gasteiger partial charge >= 0.3 is 0 Å². The van der Waals surface area contributed by atoms with E-state index in [9.17, 15) is 21.2 Å². The Hall–Kier alpha value is -1.65. The summed E-state index contributed by atoms with van der Waals surface area (Å²) in [5.74, 6) is -1.07. The third-order valence-electron chi connectivity index (χ3n) is 2.46. The Labute approximate surface area is 124 Å². The molecule has 0 saturated heterocycles. The number of aryl methyl sites for hydroxylation is 1. The van der Waals surface area contributed by atoms with Crippen LogP contribution in [0.5, 0.6) is 0 Å². The minimum atomic E-state index is -4.09. The molecule has 0 aliphatic carbocycles. The van der Waals surface area contributed by atoms with Crippen LogP contribution >= 0.6 is 10.7 Å². The number of hydrogen-bond acceptors (Lipinski definition) is 5. The van der Waals surface area contributed by atoms with Crippen LogP contribution in [0.3, 0.4) is 0 Å². The molecule has 114 valence electrons. The van der Waals surface area contributed by atoms with Crippen molar-refractivity contribution in [2.24, 2.45) is 7.05 Å². The summed E-state index contributed by atoms with van der Waals surface area (Å²) in [6, 6.07) is 2.59. The van der Waals surface area contributed by atoms with E-state index in [0.29, 0.717) is 6.07 Å². The van der Waals surface area contributed by atoms with Crippen LogP contribution in [-0.4, -0.2) is 26.6 Å². The van der Waals surface area contributed by atoms with Gasteiger partial charge in [0.05, 0.1) is 16.8 Å². The van der Waals surface area contributed by atoms with Crippen molar-refractivity contribution < 1.29 is 21.2 Å². The number of nitrogens with zero attached hydrogens (tertiary/aromatic N) is 2. The van der Waals surface area contributed by atoms with E-state index in [4.69, 9.17) is 10.7 Å². The van der Waals surface area contributed by atoms with E-state index < -0.39 is 35.5 Å². The normalized spacial score (nSPS) is 12.3. The van der Waals surface area contributed by atoms with Crippen LogP contribution in [0.1, 0.15) is 0 Å². The van der Waals surface area contributed by atoms with Gasteiger partial charge < -0.3 is 0 Å². The summed E-state index contributed by atoms with van der Waals surface area (Å²) in [5, 5.41) is 3.70. The number of sulfonamides is 1. The molecule has 1 aromatic heterocycles. The molecule has 0 aliphatic rings. The van der Waals surface area contributed by atoms with Crippen molar-refractivity contribution in [1.29, 1.82) is 0 Å². The molecule has 0 saturated carbocycles. The highest BCUT2D eigenvalue weighted by Gasteiger charge is 2.19. The first-order valence-corrected chi connectivity index (χ1v) is 9.14. The maximum absolute atomic E-state index is 13.8. The van der Waals surface area contributed by atoms with Gasteiger partial charge in [0.15, 0.2) is 0 Å². The fourth-order valence-corrected chi connectivity index (χ4v) is 3.28. The smallest absolute Gasteiger partial charge is 0.265 e. The molecule has 0 atom stereocenters. The predicted octanol–water partition coefficient (Wildman–Crippen LogP) is 1.29. The van der Waals surface area contributed by atoms with Crippen LogP contribution < -0.4 is 4.72 Å². The van der Waals surface area contributed by atoms with E-state index in [1.807, 2.05) is 4.72 Å². The van der Waals surface area contributed by atoms with E-state index in [0.717, 1.165) is 18.3 Å². The monoisotopic (exact) mass is 353 g/mol. The average Bonchev–Trinajstić information content (AvgIpc) is 2.78. The van der Waals surface area contributed by atoms with Crippen molar-refractivity contribution in [3.63, 3.8) is 0 Å². The van der Waals surface area contributed by atoms with Crippen molar-refractivity contribution in [3.05, 3.63) is 36.4 Å². The van der Waals surface area contributed by atoms with E-state index in [2.05, 4.69) is 5.10 Å². The fraction of sp³-hybridized carbons (Fsp3) is 0.100. The Morgan fingerprint density at radius 3 is 2.38 bits per heavy atom. The van der Waals surface area contributed by atoms with Gasteiger partial charge in [-0.15, -0.1) is 0 Å². The third kappa shape index (κ3) is 3.52. The molecule has 0 fully saturated rings. The van der Waals surface area contributed by atoms with Crippen LogP contribution in [0.4, 0.5) is 10.1 Å². The molecule has 1 heterocycles. The Kier molecular flexibility index (Phi) is 3.95. The van der Waals surface area contributed by atoms with Crippen molar-refractivity contribution in [2.75, 3.05) is 4.72 Å². The van der Waals surface area contributed by atoms with Crippen LogP contribution in [0.15, 0.2) is 40.4 Å². The lowest BCUT2D eigenvalue weighted by Crippen LogP contribution is -2.13. The van der Waals surface area contributed by atoms with Crippen LogP contribution in [0.2, 0.25) is 0 Å². The Bertz CT molecular complexity index is 893. The van der Waals surface area contributed by atoms with Crippen LogP contribution in [0, 0.1) is 5.82 Å². The molecule has 11 heteroatoms. The van der Waals surface area contributed by atoms with Gasteiger partial charge in [-0.1, -0.05) is 0 Å². The van der Waals surface area contributed by atoms with Gasteiger partial charge in [-0.3, -0.25) is 9.40 Å². The quantitative estimate of drug-likeness (QED) is 0.835. The minimum absolute atomic E-state index is 0.154. The highest BCUT2D eigenvalue weighted by atomic mass is 35.7. The first-order valence-electron chi connectivity index (χ1n) is 5.35. The molecule has 0 spiro atoms. The van der Waals surface area contributed by atoms with Crippen molar-refractivity contribution in [3.8, 4) is 0 Å². The molecule has 0 amide bonds. The molecule has 1 aromatic carbocycles. The first kappa shape index (κ1) is 15.7. The lowest BCUT2D eigenvalue weighted by molar-refractivity contribution is 0.597. The standard InChI is InChI=1S/C10H9ClFN3O4S2/c1-15-6-8(5-13-15)21(18,19)14-10-3-2-7(4-9(10)12)20(11,16)17/h2-6,14H,1H3. The molecular weight excluding hydrogens is 345 g/mol. The zero-order chi connectivity index (χ0) is 15.8. The first-order chi connectivity index (χ1) is 9.59. The van der Waals surface area contributed by atoms with Gasteiger partial charge in [0.25, 0.3) is 19.1 Å². The average molecular weight is 354 g/mol. The van der Waals surface area contributed by atoms with Crippen molar-refractivity contribution in [2.45, 2.75) is 9.79 Å². The Morgan fingerprint density at radius 1 is 1.24 bits per heavy atom. The fourth-order valence-electron chi connectivity index (χ4n) is 1.47. The predicted molar refractivity (Wildman–Crippen MR) is 73.5 cm³/mol. The summed E-state index contributed by atoms with van der Waals surface area (Å²) in [7, 11) is -1.51. The maximum Gasteiger partial charge on any atom is 0.265 e. The molecule has 2 rings (SSSR count). The van der Waals surface area contributed by atoms with Gasteiger partial charge in [0, 0.05) is 23.9 Å². The van der Waals surface area contributed by atoms with Gasteiger partial charge in [-0.2, -0.15) is 5.10 Å². The molecule has 0 bridgehead atoms. The Balaban J connectivity index is 2.36. The third-order valence-corrected chi connectivity index (χ3v) is 5.13. The zero-order valence-electron chi connectivity index (χ0n) is 10.5. The number of benzene rings is 1. The summed E-state index contributed by atoms with van der Waals surface area (Å²) < 4.78 is 63.1. The number of halogens is 2. The SMILES string of the molecule is Cn1cc(S(=O)(=O)Nc2ccc(S(=O)(=O)Cl)cc2F)cn1. The summed E-state index contributed by atoms with van der Waals surface area (Å²) in [6.07, 6.45) is 2.33. The van der Waals surface area contributed by atoms with Crippen molar-refractivity contribution >= 4 is 35.4 Å². The van der Waals surface area contributed by atoms with Gasteiger partial charge in [-0.05, 0) is 18.2 Å². The lowest BCUT2D eigenvalue weighted by atomic mass is 10.3. The van der Waals surface area contributed by atoms with Gasteiger partial charge in [0.1, 0.15) is 10.7 Å². The topological polar surface area (TPSA) is 98.1 Å². The van der Waals surface area contributed by atoms with Gasteiger partial charge in [0.2, 0.25) is 0 Å². The molecule has 2 aromatic rings. The second kappa shape index (κ2) is 5.28. The van der Waals surface area contributed by atoms with E-state index in [1.54, 1.807) is 0 Å². The van der Waals surface area contributed by atoms with Gasteiger partial charge in [-0.25, -0.2) is 21.2 Å². The largest absolute Gasteiger partial charge is 0.277 e. The molecular formula is C10H9ClFN3O4S2. The highest BCUT2D eigenvalue weighted by molar-refractivity contribution is 8.13. The maximum atomic E-state index is 13.8.